The highest BCUT2D eigenvalue weighted by Gasteiger charge is 2.21. The molecule has 0 atom stereocenters. The Hall–Kier alpha value is -1.70. The first-order valence-corrected chi connectivity index (χ1v) is 9.22. The first-order chi connectivity index (χ1) is 10.9. The molecule has 0 bridgehead atoms. The molecule has 0 N–H and O–H groups in total. The summed E-state index contributed by atoms with van der Waals surface area (Å²) in [5.74, 6) is -0.0378. The van der Waals surface area contributed by atoms with E-state index in [1.54, 1.807) is 35.8 Å². The van der Waals surface area contributed by atoms with Gasteiger partial charge in [-0.15, -0.1) is 0 Å². The molecule has 0 aliphatic rings. The van der Waals surface area contributed by atoms with Crippen molar-refractivity contribution in [3.05, 3.63) is 40.8 Å². The average molecular weight is 371 g/mol. The van der Waals surface area contributed by atoms with Gasteiger partial charge < -0.3 is 0 Å². The molecule has 23 heavy (non-hydrogen) atoms. The van der Waals surface area contributed by atoms with Gasteiger partial charge in [-0.1, -0.05) is 30.1 Å². The van der Waals surface area contributed by atoms with Crippen LogP contribution < -0.4 is 0 Å². The van der Waals surface area contributed by atoms with Gasteiger partial charge in [-0.25, -0.2) is 18.4 Å². The molecule has 3 aromatic rings. The lowest BCUT2D eigenvalue weighted by Gasteiger charge is -2.06. The number of halogens is 2. The largest absolute Gasteiger partial charge is 0.283 e. The lowest BCUT2D eigenvalue weighted by atomic mass is 10.3. The molecule has 2 aromatic heterocycles. The maximum Gasteiger partial charge on any atom is 0.250 e. The molecule has 1 aromatic carbocycles. The van der Waals surface area contributed by atoms with Gasteiger partial charge in [0.25, 0.3) is 5.16 Å². The van der Waals surface area contributed by atoms with Gasteiger partial charge in [0.2, 0.25) is 9.84 Å². The first-order valence-electron chi connectivity index (χ1n) is 6.81. The maximum atomic E-state index is 12.2. The van der Waals surface area contributed by atoms with E-state index in [1.165, 1.54) is 6.33 Å². The second kappa shape index (κ2) is 6.07. The second-order valence-electron chi connectivity index (χ2n) is 4.88. The van der Waals surface area contributed by atoms with Crippen LogP contribution in [0.15, 0.2) is 35.7 Å². The van der Waals surface area contributed by atoms with Crippen molar-refractivity contribution < 1.29 is 8.42 Å². The summed E-state index contributed by atoms with van der Waals surface area (Å²) in [6.45, 7) is 1.77. The van der Waals surface area contributed by atoms with Crippen LogP contribution >= 0.6 is 23.2 Å². The van der Waals surface area contributed by atoms with Crippen molar-refractivity contribution >= 4 is 44.2 Å². The average Bonchev–Trinajstić information content (AvgIpc) is 2.92. The molecule has 2 heterocycles. The van der Waals surface area contributed by atoms with E-state index >= 15 is 0 Å². The molecule has 9 heteroatoms. The highest BCUT2D eigenvalue weighted by molar-refractivity contribution is 7.91. The Labute approximate surface area is 143 Å². The Morgan fingerprint density at radius 3 is 2.48 bits per heavy atom. The fourth-order valence-corrected chi connectivity index (χ4v) is 3.70. The first kappa shape index (κ1) is 16.2. The van der Waals surface area contributed by atoms with Crippen LogP contribution in [0.25, 0.3) is 16.9 Å². The Balaban J connectivity index is 2.22. The topological polar surface area (TPSA) is 77.7 Å². The van der Waals surface area contributed by atoms with Gasteiger partial charge in [0, 0.05) is 10.7 Å². The van der Waals surface area contributed by atoms with Crippen LogP contribution in [-0.2, 0) is 9.84 Å². The summed E-state index contributed by atoms with van der Waals surface area (Å²) in [4.78, 5) is 12.2. The highest BCUT2D eigenvalue weighted by atomic mass is 35.5. The summed E-state index contributed by atoms with van der Waals surface area (Å²) >= 11 is 12.0. The van der Waals surface area contributed by atoms with Gasteiger partial charge in [-0.05, 0) is 30.7 Å². The van der Waals surface area contributed by atoms with Crippen molar-refractivity contribution in [2.24, 2.45) is 0 Å². The Morgan fingerprint density at radius 1 is 1.13 bits per heavy atom. The zero-order chi connectivity index (χ0) is 16.6. The van der Waals surface area contributed by atoms with Crippen LogP contribution in [-0.4, -0.2) is 33.7 Å². The predicted octanol–water partition coefficient (Wildman–Crippen LogP) is 3.31. The van der Waals surface area contributed by atoms with Gasteiger partial charge in [-0.2, -0.15) is 4.98 Å². The van der Waals surface area contributed by atoms with Crippen LogP contribution in [0.3, 0.4) is 0 Å². The molecule has 6 nitrogen and oxygen atoms in total. The van der Waals surface area contributed by atoms with Crippen LogP contribution in [0, 0.1) is 0 Å². The molecule has 0 radical (unpaired) electrons. The molecule has 0 spiro atoms. The van der Waals surface area contributed by atoms with Gasteiger partial charge in [0.15, 0.2) is 10.8 Å². The van der Waals surface area contributed by atoms with E-state index in [-0.39, 0.29) is 16.1 Å². The lowest BCUT2D eigenvalue weighted by Crippen LogP contribution is -2.11. The fraction of sp³-hybridized carbons (Fsp3) is 0.214. The Morgan fingerprint density at radius 2 is 1.83 bits per heavy atom. The van der Waals surface area contributed by atoms with Crippen LogP contribution in [0.1, 0.15) is 13.3 Å². The summed E-state index contributed by atoms with van der Waals surface area (Å²) < 4.78 is 26.1. The number of nitrogens with zero attached hydrogens (tertiary/aromatic N) is 4. The second-order valence-corrected chi connectivity index (χ2v) is 7.68. The van der Waals surface area contributed by atoms with Gasteiger partial charge >= 0.3 is 0 Å². The SMILES string of the molecule is CCCS(=O)(=O)c1nc(Cl)c2ncn(-c3ccc(Cl)cc3)c2n1. The Kier molecular flexibility index (Phi) is 4.27. The number of rotatable bonds is 4. The van der Waals surface area contributed by atoms with Crippen LogP contribution in [0.5, 0.6) is 0 Å². The lowest BCUT2D eigenvalue weighted by molar-refractivity contribution is 0.586. The van der Waals surface area contributed by atoms with E-state index in [2.05, 4.69) is 15.0 Å². The molecular weight excluding hydrogens is 359 g/mol. The third kappa shape index (κ3) is 3.04. The fourth-order valence-electron chi connectivity index (χ4n) is 2.14. The minimum atomic E-state index is -3.58. The van der Waals surface area contributed by atoms with Crippen molar-refractivity contribution in [1.82, 2.24) is 19.5 Å². The summed E-state index contributed by atoms with van der Waals surface area (Å²) in [5, 5.41) is 0.321. The molecule has 0 saturated heterocycles. The van der Waals surface area contributed by atoms with Gasteiger partial charge in [0.1, 0.15) is 11.8 Å². The van der Waals surface area contributed by atoms with Gasteiger partial charge in [0.05, 0.1) is 5.75 Å². The molecule has 3 rings (SSSR count). The van der Waals surface area contributed by atoms with E-state index in [0.717, 1.165) is 5.69 Å². The quantitative estimate of drug-likeness (QED) is 0.519. The van der Waals surface area contributed by atoms with E-state index in [4.69, 9.17) is 23.2 Å². The van der Waals surface area contributed by atoms with Crippen LogP contribution in [0.2, 0.25) is 10.2 Å². The van der Waals surface area contributed by atoms with Crippen molar-refractivity contribution in [3.63, 3.8) is 0 Å². The number of hydrogen-bond donors (Lipinski definition) is 0. The minimum absolute atomic E-state index is 0.0115. The molecular formula is C14H12Cl2N4O2S. The molecule has 0 unspecified atom stereocenters. The Bertz CT molecular complexity index is 968. The summed E-state index contributed by atoms with van der Waals surface area (Å²) in [6, 6.07) is 7.00. The number of fused-ring (bicyclic) bond motifs is 1. The maximum absolute atomic E-state index is 12.2. The monoisotopic (exact) mass is 370 g/mol. The highest BCUT2D eigenvalue weighted by Crippen LogP contribution is 2.24. The number of hydrogen-bond acceptors (Lipinski definition) is 5. The number of sulfone groups is 1. The smallest absolute Gasteiger partial charge is 0.250 e. The van der Waals surface area contributed by atoms with Crippen LogP contribution in [0.4, 0.5) is 0 Å². The molecule has 0 saturated carbocycles. The molecule has 0 aliphatic carbocycles. The zero-order valence-corrected chi connectivity index (χ0v) is 14.4. The zero-order valence-electron chi connectivity index (χ0n) is 12.1. The molecule has 0 fully saturated rings. The standard InChI is InChI=1S/C14H12Cl2N4O2S/c1-2-7-23(21,22)14-18-12(16)11-13(19-14)20(8-17-11)10-5-3-9(15)4-6-10/h3-6,8H,2,7H2,1H3. The van der Waals surface area contributed by atoms with Crippen molar-refractivity contribution in [2.75, 3.05) is 5.75 Å². The molecule has 0 aliphatic heterocycles. The van der Waals surface area contributed by atoms with E-state index in [1.807, 2.05) is 0 Å². The molecule has 120 valence electrons. The summed E-state index contributed by atoms with van der Waals surface area (Å²) in [5.41, 5.74) is 1.42. The number of aromatic nitrogens is 4. The third-order valence-corrected chi connectivity index (χ3v) is 5.39. The van der Waals surface area contributed by atoms with Crippen molar-refractivity contribution in [3.8, 4) is 5.69 Å². The normalized spacial score (nSPS) is 12.0. The predicted molar refractivity (Wildman–Crippen MR) is 89.0 cm³/mol. The summed E-state index contributed by atoms with van der Waals surface area (Å²) in [6.07, 6.45) is 1.99. The van der Waals surface area contributed by atoms with Gasteiger partial charge in [-0.3, -0.25) is 4.57 Å². The number of benzene rings is 1. The van der Waals surface area contributed by atoms with Crippen molar-refractivity contribution in [1.29, 1.82) is 0 Å². The van der Waals surface area contributed by atoms with E-state index in [9.17, 15) is 8.42 Å². The van der Waals surface area contributed by atoms with E-state index in [0.29, 0.717) is 22.6 Å². The third-order valence-electron chi connectivity index (χ3n) is 3.19. The van der Waals surface area contributed by atoms with Crippen molar-refractivity contribution in [2.45, 2.75) is 18.5 Å². The number of imidazole rings is 1. The minimum Gasteiger partial charge on any atom is -0.283 e. The summed E-state index contributed by atoms with van der Waals surface area (Å²) in [7, 11) is -3.58. The van der Waals surface area contributed by atoms with E-state index < -0.39 is 9.84 Å². The molecule has 0 amide bonds.